The summed E-state index contributed by atoms with van der Waals surface area (Å²) in [6, 6.07) is 11.8. The van der Waals surface area contributed by atoms with Crippen molar-refractivity contribution in [1.82, 2.24) is 25.4 Å². The number of methoxy groups -OCH3 is 2. The van der Waals surface area contributed by atoms with E-state index in [0.717, 1.165) is 39.8 Å². The van der Waals surface area contributed by atoms with E-state index in [0.29, 0.717) is 19.0 Å². The molecule has 0 radical (unpaired) electrons. The summed E-state index contributed by atoms with van der Waals surface area (Å²) in [5, 5.41) is 11.1. The minimum Gasteiger partial charge on any atom is -0.497 e. The van der Waals surface area contributed by atoms with E-state index in [1.807, 2.05) is 61.1 Å². The highest BCUT2D eigenvalue weighted by atomic mass is 127. The molecule has 0 unspecified atom stereocenters. The molecule has 1 aromatic carbocycles. The van der Waals surface area contributed by atoms with Gasteiger partial charge in [0, 0.05) is 43.7 Å². The normalized spacial score (nSPS) is 10.9. The maximum atomic E-state index is 5.44. The van der Waals surface area contributed by atoms with Gasteiger partial charge in [-0.25, -0.2) is 9.67 Å². The molecule has 0 aliphatic rings. The minimum atomic E-state index is 0. The van der Waals surface area contributed by atoms with Gasteiger partial charge in [-0.3, -0.25) is 4.99 Å². The molecule has 2 aromatic heterocycles. The number of rotatable bonds is 7. The molecule has 0 aliphatic carbocycles. The average molecular weight is 536 g/mol. The van der Waals surface area contributed by atoms with E-state index < -0.39 is 0 Å². The Morgan fingerprint density at radius 3 is 2.39 bits per heavy atom. The van der Waals surface area contributed by atoms with E-state index in [9.17, 15) is 0 Å². The Hall–Kier alpha value is -2.82. The lowest BCUT2D eigenvalue weighted by atomic mass is 10.2. The second kappa shape index (κ2) is 11.5. The van der Waals surface area contributed by atoms with E-state index in [2.05, 4.69) is 25.7 Å². The first-order valence-corrected chi connectivity index (χ1v) is 9.68. The van der Waals surface area contributed by atoms with Crippen LogP contribution in [0, 0.1) is 13.8 Å². The molecular weight excluding hydrogens is 507 g/mol. The Balaban J connectivity index is 0.00000341. The van der Waals surface area contributed by atoms with Crippen LogP contribution in [-0.2, 0) is 13.1 Å². The van der Waals surface area contributed by atoms with Crippen molar-refractivity contribution in [3.63, 3.8) is 0 Å². The number of nitrogens with zero attached hydrogens (tertiary/aromatic N) is 4. The third-order valence-corrected chi connectivity index (χ3v) is 4.66. The summed E-state index contributed by atoms with van der Waals surface area (Å²) in [6.45, 7) is 5.16. The number of benzene rings is 1. The molecule has 0 saturated heterocycles. The Labute approximate surface area is 200 Å². The van der Waals surface area contributed by atoms with Crippen molar-refractivity contribution >= 4 is 29.9 Å². The molecule has 0 bridgehead atoms. The quantitative estimate of drug-likeness (QED) is 0.274. The maximum absolute atomic E-state index is 5.44. The summed E-state index contributed by atoms with van der Waals surface area (Å²) < 4.78 is 12.5. The fourth-order valence-electron chi connectivity index (χ4n) is 3.09. The van der Waals surface area contributed by atoms with Crippen molar-refractivity contribution in [3.05, 3.63) is 65.1 Å². The first-order valence-electron chi connectivity index (χ1n) is 9.68. The monoisotopic (exact) mass is 536 g/mol. The van der Waals surface area contributed by atoms with Crippen molar-refractivity contribution in [1.29, 1.82) is 0 Å². The number of pyridine rings is 1. The van der Waals surface area contributed by atoms with Gasteiger partial charge >= 0.3 is 0 Å². The number of hydrogen-bond acceptors (Lipinski definition) is 5. The Morgan fingerprint density at radius 1 is 1.03 bits per heavy atom. The van der Waals surface area contributed by atoms with Crippen LogP contribution in [0.3, 0.4) is 0 Å². The molecule has 8 nitrogen and oxygen atoms in total. The largest absolute Gasteiger partial charge is 0.497 e. The van der Waals surface area contributed by atoms with E-state index >= 15 is 0 Å². The lowest BCUT2D eigenvalue weighted by Crippen LogP contribution is -2.36. The highest BCUT2D eigenvalue weighted by Crippen LogP contribution is 2.24. The van der Waals surface area contributed by atoms with Gasteiger partial charge in [0.25, 0.3) is 0 Å². The summed E-state index contributed by atoms with van der Waals surface area (Å²) in [6.07, 6.45) is 1.85. The number of halogens is 1. The lowest BCUT2D eigenvalue weighted by Gasteiger charge is -2.14. The summed E-state index contributed by atoms with van der Waals surface area (Å²) >= 11 is 0. The standard InChI is InChI=1S/C22H28N6O2.HI/c1-15-10-16(2)28(27-15)21-9-6-17(12-24-21)13-25-22(23-3)26-14-18-7-8-19(29-4)11-20(18)30-5;/h6-12H,13-14H2,1-5H3,(H2,23,25,26);1H. The molecule has 0 saturated carbocycles. The first-order chi connectivity index (χ1) is 14.5. The Kier molecular flexibility index (Phi) is 9.10. The molecule has 0 spiro atoms. The van der Waals surface area contributed by atoms with Gasteiger partial charge in [0.05, 0.1) is 19.9 Å². The minimum absolute atomic E-state index is 0. The van der Waals surface area contributed by atoms with Crippen LogP contribution in [-0.4, -0.2) is 42.0 Å². The SMILES string of the molecule is CN=C(NCc1ccc(-n2nc(C)cc2C)nc1)NCc1ccc(OC)cc1OC.I. The zero-order valence-corrected chi connectivity index (χ0v) is 20.8. The van der Waals surface area contributed by atoms with Crippen LogP contribution in [0.1, 0.15) is 22.5 Å². The summed E-state index contributed by atoms with van der Waals surface area (Å²) in [5.74, 6) is 3.02. The summed E-state index contributed by atoms with van der Waals surface area (Å²) in [5.41, 5.74) is 4.09. The van der Waals surface area contributed by atoms with Gasteiger partial charge in [0.2, 0.25) is 0 Å². The number of aliphatic imine (C=N–C) groups is 1. The molecule has 0 amide bonds. The number of nitrogens with one attached hydrogen (secondary N) is 2. The van der Waals surface area contributed by atoms with Crippen molar-refractivity contribution in [3.8, 4) is 17.3 Å². The van der Waals surface area contributed by atoms with Gasteiger partial charge in [-0.1, -0.05) is 6.07 Å². The number of aryl methyl sites for hydroxylation is 2. The van der Waals surface area contributed by atoms with Gasteiger partial charge in [-0.05, 0) is 43.7 Å². The van der Waals surface area contributed by atoms with Crippen molar-refractivity contribution < 1.29 is 9.47 Å². The highest BCUT2D eigenvalue weighted by Gasteiger charge is 2.07. The molecule has 2 N–H and O–H groups in total. The van der Waals surface area contributed by atoms with Crippen molar-refractivity contribution in [2.75, 3.05) is 21.3 Å². The van der Waals surface area contributed by atoms with Crippen LogP contribution in [0.25, 0.3) is 5.82 Å². The van der Waals surface area contributed by atoms with E-state index in [-0.39, 0.29) is 24.0 Å². The topological polar surface area (TPSA) is 85.6 Å². The van der Waals surface area contributed by atoms with Gasteiger partial charge in [-0.2, -0.15) is 5.10 Å². The third kappa shape index (κ3) is 6.33. The molecule has 0 fully saturated rings. The summed E-state index contributed by atoms with van der Waals surface area (Å²) in [4.78, 5) is 8.81. The zero-order chi connectivity index (χ0) is 21.5. The van der Waals surface area contributed by atoms with Gasteiger partial charge in [0.15, 0.2) is 11.8 Å². The van der Waals surface area contributed by atoms with Crippen LogP contribution in [0.4, 0.5) is 0 Å². The van der Waals surface area contributed by atoms with Crippen molar-refractivity contribution in [2.45, 2.75) is 26.9 Å². The molecule has 31 heavy (non-hydrogen) atoms. The molecule has 166 valence electrons. The predicted molar refractivity (Wildman–Crippen MR) is 133 cm³/mol. The highest BCUT2D eigenvalue weighted by molar-refractivity contribution is 14.0. The smallest absolute Gasteiger partial charge is 0.191 e. The third-order valence-electron chi connectivity index (χ3n) is 4.66. The average Bonchev–Trinajstić information content (AvgIpc) is 3.12. The molecule has 2 heterocycles. The fraction of sp³-hybridized carbons (Fsp3) is 0.318. The second-order valence-corrected chi connectivity index (χ2v) is 6.82. The van der Waals surface area contributed by atoms with Crippen LogP contribution in [0.2, 0.25) is 0 Å². The fourth-order valence-corrected chi connectivity index (χ4v) is 3.09. The number of guanidine groups is 1. The van der Waals surface area contributed by atoms with Crippen LogP contribution < -0.4 is 20.1 Å². The number of hydrogen-bond donors (Lipinski definition) is 2. The molecule has 0 atom stereocenters. The Bertz CT molecular complexity index is 1020. The van der Waals surface area contributed by atoms with Crippen LogP contribution >= 0.6 is 24.0 Å². The maximum Gasteiger partial charge on any atom is 0.191 e. The number of aromatic nitrogens is 3. The Morgan fingerprint density at radius 2 is 1.81 bits per heavy atom. The number of ether oxygens (including phenoxy) is 2. The molecular formula is C22H29IN6O2. The van der Waals surface area contributed by atoms with E-state index in [1.54, 1.807) is 21.3 Å². The molecule has 0 aliphatic heterocycles. The summed E-state index contributed by atoms with van der Waals surface area (Å²) in [7, 11) is 5.02. The van der Waals surface area contributed by atoms with Gasteiger partial charge in [-0.15, -0.1) is 24.0 Å². The zero-order valence-electron chi connectivity index (χ0n) is 18.5. The van der Waals surface area contributed by atoms with E-state index in [4.69, 9.17) is 9.47 Å². The molecule has 9 heteroatoms. The van der Waals surface area contributed by atoms with E-state index in [1.165, 1.54) is 0 Å². The van der Waals surface area contributed by atoms with Crippen molar-refractivity contribution in [2.24, 2.45) is 4.99 Å². The second-order valence-electron chi connectivity index (χ2n) is 6.82. The molecule has 3 rings (SSSR count). The molecule has 3 aromatic rings. The van der Waals surface area contributed by atoms with Crippen LogP contribution in [0.5, 0.6) is 11.5 Å². The first kappa shape index (κ1) is 24.4. The lowest BCUT2D eigenvalue weighted by molar-refractivity contribution is 0.390. The predicted octanol–water partition coefficient (Wildman–Crippen LogP) is 3.38. The van der Waals surface area contributed by atoms with Gasteiger partial charge < -0.3 is 20.1 Å². The van der Waals surface area contributed by atoms with Crippen LogP contribution in [0.15, 0.2) is 47.6 Å². The van der Waals surface area contributed by atoms with Gasteiger partial charge in [0.1, 0.15) is 11.5 Å².